The third-order valence-electron chi connectivity index (χ3n) is 3.17. The summed E-state index contributed by atoms with van der Waals surface area (Å²) in [6.07, 6.45) is 9.30. The van der Waals surface area contributed by atoms with Gasteiger partial charge in [0.2, 0.25) is 0 Å². The zero-order chi connectivity index (χ0) is 12.8. The van der Waals surface area contributed by atoms with Crippen molar-refractivity contribution in [2.45, 2.75) is 38.5 Å². The summed E-state index contributed by atoms with van der Waals surface area (Å²) < 4.78 is 9.71. The van der Waals surface area contributed by atoms with Crippen molar-refractivity contribution in [3.05, 3.63) is 23.3 Å². The van der Waals surface area contributed by atoms with Crippen LogP contribution in [-0.2, 0) is 19.1 Å². The molecular formula is C14H18O4. The molecular weight excluding hydrogens is 232 g/mol. The molecule has 2 heterocycles. The molecule has 0 saturated carbocycles. The predicted octanol–water partition coefficient (Wildman–Crippen LogP) is 2.29. The maximum absolute atomic E-state index is 11.2. The second-order valence-electron chi connectivity index (χ2n) is 4.52. The second-order valence-corrected chi connectivity index (χ2v) is 4.52. The standard InChI is InChI=1S/C14H18O4/c15-13-11(7-9-17-13)5-3-1-2-4-6-12-8-10-18-14(12)16/h5-6H,1-4,7-10H2/b11-5+,12-6+. The quantitative estimate of drug-likeness (QED) is 0.427. The Morgan fingerprint density at radius 1 is 0.833 bits per heavy atom. The molecule has 0 unspecified atom stereocenters. The molecule has 18 heavy (non-hydrogen) atoms. The van der Waals surface area contributed by atoms with Crippen LogP contribution in [0.25, 0.3) is 0 Å². The summed E-state index contributed by atoms with van der Waals surface area (Å²) in [5, 5.41) is 0. The van der Waals surface area contributed by atoms with Gasteiger partial charge in [-0.05, 0) is 25.7 Å². The van der Waals surface area contributed by atoms with Crippen LogP contribution in [0.2, 0.25) is 0 Å². The lowest BCUT2D eigenvalue weighted by Crippen LogP contribution is -1.94. The Hall–Kier alpha value is -1.58. The van der Waals surface area contributed by atoms with Crippen molar-refractivity contribution in [1.82, 2.24) is 0 Å². The molecule has 0 N–H and O–H groups in total. The highest BCUT2D eigenvalue weighted by Gasteiger charge is 2.18. The molecule has 0 spiro atoms. The molecule has 98 valence electrons. The number of carbonyl (C=O) groups excluding carboxylic acids is 2. The summed E-state index contributed by atoms with van der Waals surface area (Å²) in [4.78, 5) is 22.3. The van der Waals surface area contributed by atoms with E-state index in [2.05, 4.69) is 0 Å². The van der Waals surface area contributed by atoms with Crippen molar-refractivity contribution in [2.75, 3.05) is 13.2 Å². The molecule has 0 aromatic heterocycles. The molecule has 2 saturated heterocycles. The number of unbranched alkanes of at least 4 members (excludes halogenated alkanes) is 3. The van der Waals surface area contributed by atoms with Crippen LogP contribution in [0.3, 0.4) is 0 Å². The minimum Gasteiger partial charge on any atom is -0.462 e. The summed E-state index contributed by atoms with van der Waals surface area (Å²) in [6.45, 7) is 1.05. The van der Waals surface area contributed by atoms with Gasteiger partial charge in [0.15, 0.2) is 0 Å². The number of carbonyl (C=O) groups is 2. The molecule has 0 bridgehead atoms. The predicted molar refractivity (Wildman–Crippen MR) is 65.8 cm³/mol. The fourth-order valence-electron chi connectivity index (χ4n) is 2.11. The molecule has 0 radical (unpaired) electrons. The van der Waals surface area contributed by atoms with Crippen LogP contribution in [0.1, 0.15) is 38.5 Å². The van der Waals surface area contributed by atoms with Crippen LogP contribution in [0.15, 0.2) is 23.3 Å². The molecule has 2 aliphatic heterocycles. The number of ether oxygens (including phenoxy) is 2. The minimum atomic E-state index is -0.161. The van der Waals surface area contributed by atoms with Crippen LogP contribution < -0.4 is 0 Å². The lowest BCUT2D eigenvalue weighted by Gasteiger charge is -1.96. The van der Waals surface area contributed by atoms with Gasteiger partial charge in [-0.3, -0.25) is 0 Å². The fraction of sp³-hybridized carbons (Fsp3) is 0.571. The fourth-order valence-corrected chi connectivity index (χ4v) is 2.11. The zero-order valence-corrected chi connectivity index (χ0v) is 10.4. The Kier molecular flexibility index (Phi) is 4.56. The second kappa shape index (κ2) is 6.38. The van der Waals surface area contributed by atoms with Gasteiger partial charge in [-0.2, -0.15) is 0 Å². The number of rotatable bonds is 5. The lowest BCUT2D eigenvalue weighted by atomic mass is 10.1. The molecule has 0 aromatic rings. The Bertz CT molecular complexity index is 355. The van der Waals surface area contributed by atoms with E-state index in [1.165, 1.54) is 0 Å². The van der Waals surface area contributed by atoms with Crippen LogP contribution in [-0.4, -0.2) is 25.2 Å². The summed E-state index contributed by atoms with van der Waals surface area (Å²) in [6, 6.07) is 0. The van der Waals surface area contributed by atoms with Gasteiger partial charge < -0.3 is 9.47 Å². The van der Waals surface area contributed by atoms with Crippen LogP contribution in [0, 0.1) is 0 Å². The molecule has 0 aromatic carbocycles. The van der Waals surface area contributed by atoms with Gasteiger partial charge in [0.1, 0.15) is 0 Å². The van der Waals surface area contributed by atoms with E-state index >= 15 is 0 Å². The van der Waals surface area contributed by atoms with E-state index in [1.807, 2.05) is 12.2 Å². The van der Waals surface area contributed by atoms with Gasteiger partial charge in [-0.1, -0.05) is 12.2 Å². The monoisotopic (exact) mass is 250 g/mol. The average Bonchev–Trinajstić information content (AvgIpc) is 2.94. The van der Waals surface area contributed by atoms with Gasteiger partial charge >= 0.3 is 11.9 Å². The van der Waals surface area contributed by atoms with Crippen molar-refractivity contribution in [1.29, 1.82) is 0 Å². The lowest BCUT2D eigenvalue weighted by molar-refractivity contribution is -0.135. The van der Waals surface area contributed by atoms with Crippen molar-refractivity contribution >= 4 is 11.9 Å². The Morgan fingerprint density at radius 3 is 1.61 bits per heavy atom. The molecule has 0 atom stereocenters. The smallest absolute Gasteiger partial charge is 0.333 e. The molecule has 2 fully saturated rings. The first-order valence-corrected chi connectivity index (χ1v) is 6.49. The summed E-state index contributed by atoms with van der Waals surface area (Å²) in [7, 11) is 0. The van der Waals surface area contributed by atoms with E-state index in [-0.39, 0.29) is 11.9 Å². The average molecular weight is 250 g/mol. The normalized spacial score (nSPS) is 23.8. The van der Waals surface area contributed by atoms with Gasteiger partial charge in [-0.25, -0.2) is 9.59 Å². The first-order valence-electron chi connectivity index (χ1n) is 6.49. The number of hydrogen-bond acceptors (Lipinski definition) is 4. The van der Waals surface area contributed by atoms with E-state index < -0.39 is 0 Å². The van der Waals surface area contributed by atoms with E-state index in [0.717, 1.165) is 49.7 Å². The number of esters is 2. The first kappa shape index (κ1) is 12.9. The maximum atomic E-state index is 11.2. The third-order valence-corrected chi connectivity index (χ3v) is 3.17. The van der Waals surface area contributed by atoms with E-state index in [4.69, 9.17) is 9.47 Å². The van der Waals surface area contributed by atoms with Crippen LogP contribution >= 0.6 is 0 Å². The van der Waals surface area contributed by atoms with Crippen molar-refractivity contribution < 1.29 is 19.1 Å². The van der Waals surface area contributed by atoms with Crippen LogP contribution in [0.5, 0.6) is 0 Å². The minimum absolute atomic E-state index is 0.161. The molecule has 4 heteroatoms. The summed E-state index contributed by atoms with van der Waals surface area (Å²) >= 11 is 0. The molecule has 2 rings (SSSR count). The van der Waals surface area contributed by atoms with Gasteiger partial charge in [0.05, 0.1) is 13.2 Å². The van der Waals surface area contributed by atoms with Gasteiger partial charge in [0, 0.05) is 24.0 Å². The Morgan fingerprint density at radius 2 is 1.28 bits per heavy atom. The first-order chi connectivity index (χ1) is 8.77. The SMILES string of the molecule is O=C1OCC/C1=C\CCCC/C=C1\CCOC1=O. The van der Waals surface area contributed by atoms with Crippen molar-refractivity contribution in [3.8, 4) is 0 Å². The van der Waals surface area contributed by atoms with E-state index in [1.54, 1.807) is 0 Å². The topological polar surface area (TPSA) is 52.6 Å². The highest BCUT2D eigenvalue weighted by molar-refractivity contribution is 5.90. The molecule has 2 aliphatic rings. The van der Waals surface area contributed by atoms with Gasteiger partial charge in [0.25, 0.3) is 0 Å². The number of hydrogen-bond donors (Lipinski definition) is 0. The third kappa shape index (κ3) is 3.45. The summed E-state index contributed by atoms with van der Waals surface area (Å²) in [5.74, 6) is -0.323. The van der Waals surface area contributed by atoms with E-state index in [9.17, 15) is 9.59 Å². The molecule has 0 amide bonds. The Balaban J connectivity index is 1.62. The molecule has 0 aliphatic carbocycles. The number of cyclic esters (lactones) is 2. The maximum Gasteiger partial charge on any atom is 0.333 e. The van der Waals surface area contributed by atoms with Crippen molar-refractivity contribution in [3.63, 3.8) is 0 Å². The Labute approximate surface area is 107 Å². The molecule has 4 nitrogen and oxygen atoms in total. The summed E-state index contributed by atoms with van der Waals surface area (Å²) in [5.41, 5.74) is 1.63. The highest BCUT2D eigenvalue weighted by atomic mass is 16.5. The van der Waals surface area contributed by atoms with Crippen LogP contribution in [0.4, 0.5) is 0 Å². The van der Waals surface area contributed by atoms with Gasteiger partial charge in [-0.15, -0.1) is 0 Å². The number of allylic oxidation sites excluding steroid dienone is 2. The van der Waals surface area contributed by atoms with Crippen molar-refractivity contribution in [2.24, 2.45) is 0 Å². The van der Waals surface area contributed by atoms with E-state index in [0.29, 0.717) is 13.2 Å². The highest BCUT2D eigenvalue weighted by Crippen LogP contribution is 2.17. The largest absolute Gasteiger partial charge is 0.462 e. The zero-order valence-electron chi connectivity index (χ0n) is 10.4.